The van der Waals surface area contributed by atoms with Gasteiger partial charge < -0.3 is 5.32 Å². The molecule has 0 aromatic rings. The minimum absolute atomic E-state index is 0.301. The summed E-state index contributed by atoms with van der Waals surface area (Å²) in [5, 5.41) is 12.6. The lowest BCUT2D eigenvalue weighted by molar-refractivity contribution is 0.296. The maximum atomic E-state index is 8.83. The summed E-state index contributed by atoms with van der Waals surface area (Å²) in [4.78, 5) is 0. The second-order valence-corrected chi connectivity index (χ2v) is 5.48. The summed E-state index contributed by atoms with van der Waals surface area (Å²) in [5.74, 6) is 1.19. The van der Waals surface area contributed by atoms with Crippen molar-refractivity contribution in [1.82, 2.24) is 5.32 Å². The molecule has 0 heterocycles. The van der Waals surface area contributed by atoms with E-state index in [1.807, 2.05) is 0 Å². The summed E-state index contributed by atoms with van der Waals surface area (Å²) in [5.41, 5.74) is 0.301. The molecule has 2 unspecified atom stereocenters. The van der Waals surface area contributed by atoms with Crippen LogP contribution >= 0.6 is 0 Å². The maximum absolute atomic E-state index is 8.83. The Balaban J connectivity index is 1.83. The van der Waals surface area contributed by atoms with Gasteiger partial charge in [0.1, 0.15) is 0 Å². The highest BCUT2D eigenvalue weighted by molar-refractivity contribution is 4.99. The number of nitriles is 1. The van der Waals surface area contributed by atoms with Crippen LogP contribution in [-0.2, 0) is 0 Å². The number of hydrogen-bond donors (Lipinski definition) is 1. The predicted molar refractivity (Wildman–Crippen MR) is 56.7 cm³/mol. The lowest BCUT2D eigenvalue weighted by Gasteiger charge is -2.30. The van der Waals surface area contributed by atoms with E-state index >= 15 is 0 Å². The first-order valence-corrected chi connectivity index (χ1v) is 5.79. The molecule has 2 nitrogen and oxygen atoms in total. The van der Waals surface area contributed by atoms with Crippen molar-refractivity contribution in [1.29, 1.82) is 5.26 Å². The van der Waals surface area contributed by atoms with Gasteiger partial charge in [-0.05, 0) is 51.9 Å². The fourth-order valence-electron chi connectivity index (χ4n) is 2.68. The van der Waals surface area contributed by atoms with Gasteiger partial charge in [-0.1, -0.05) is 0 Å². The Morgan fingerprint density at radius 1 is 1.21 bits per heavy atom. The van der Waals surface area contributed by atoms with Gasteiger partial charge in [-0.25, -0.2) is 0 Å². The zero-order valence-electron chi connectivity index (χ0n) is 9.21. The Kier molecular flexibility index (Phi) is 2.53. The first kappa shape index (κ1) is 9.98. The monoisotopic (exact) mass is 192 g/mol. The van der Waals surface area contributed by atoms with Gasteiger partial charge in [0, 0.05) is 17.5 Å². The van der Waals surface area contributed by atoms with Crippen molar-refractivity contribution in [3.8, 4) is 6.07 Å². The molecule has 0 aromatic heterocycles. The van der Waals surface area contributed by atoms with Crippen molar-refractivity contribution in [2.45, 2.75) is 57.5 Å². The molecular weight excluding hydrogens is 172 g/mol. The molecule has 0 bridgehead atoms. The third-order valence-electron chi connectivity index (χ3n) is 3.79. The minimum atomic E-state index is 0.301. The molecule has 14 heavy (non-hydrogen) atoms. The standard InChI is InChI=1S/C12H20N2/c1-12(2,10-4-5-10)14-11-6-3-9(7-11)8-13/h9-11,14H,3-7H2,1-2H3. The smallest absolute Gasteiger partial charge is 0.0656 e. The average Bonchev–Trinajstić information content (AvgIpc) is 2.89. The first-order valence-electron chi connectivity index (χ1n) is 5.79. The predicted octanol–water partition coefficient (Wildman–Crippen LogP) is 2.46. The van der Waals surface area contributed by atoms with Crippen molar-refractivity contribution in [2.75, 3.05) is 0 Å². The fourth-order valence-corrected chi connectivity index (χ4v) is 2.68. The Hall–Kier alpha value is -0.550. The van der Waals surface area contributed by atoms with E-state index in [4.69, 9.17) is 5.26 Å². The molecule has 0 amide bonds. The van der Waals surface area contributed by atoms with Crippen molar-refractivity contribution in [2.24, 2.45) is 11.8 Å². The van der Waals surface area contributed by atoms with Crippen LogP contribution in [0.5, 0.6) is 0 Å². The van der Waals surface area contributed by atoms with E-state index in [1.54, 1.807) is 0 Å². The third kappa shape index (κ3) is 2.09. The lowest BCUT2D eigenvalue weighted by atomic mass is 9.97. The van der Waals surface area contributed by atoms with Gasteiger partial charge in [-0.3, -0.25) is 0 Å². The van der Waals surface area contributed by atoms with Gasteiger partial charge in [0.25, 0.3) is 0 Å². The van der Waals surface area contributed by atoms with Crippen LogP contribution in [0.15, 0.2) is 0 Å². The van der Waals surface area contributed by atoms with Gasteiger partial charge >= 0.3 is 0 Å². The summed E-state index contributed by atoms with van der Waals surface area (Å²) in [6.45, 7) is 4.62. The molecule has 2 heteroatoms. The van der Waals surface area contributed by atoms with Crippen LogP contribution in [0.3, 0.4) is 0 Å². The maximum Gasteiger partial charge on any atom is 0.0656 e. The molecule has 2 saturated carbocycles. The molecule has 2 fully saturated rings. The van der Waals surface area contributed by atoms with E-state index in [-0.39, 0.29) is 0 Å². The van der Waals surface area contributed by atoms with Crippen molar-refractivity contribution < 1.29 is 0 Å². The highest BCUT2D eigenvalue weighted by atomic mass is 15.0. The van der Waals surface area contributed by atoms with E-state index in [0.29, 0.717) is 17.5 Å². The van der Waals surface area contributed by atoms with E-state index in [1.165, 1.54) is 19.3 Å². The molecule has 2 rings (SSSR count). The average molecular weight is 192 g/mol. The normalized spacial score (nSPS) is 32.9. The van der Waals surface area contributed by atoms with Crippen LogP contribution in [0.2, 0.25) is 0 Å². The van der Waals surface area contributed by atoms with Crippen LogP contribution < -0.4 is 5.32 Å². The molecule has 0 spiro atoms. The molecule has 2 aliphatic carbocycles. The molecule has 0 saturated heterocycles. The number of hydrogen-bond acceptors (Lipinski definition) is 2. The number of rotatable bonds is 3. The fraction of sp³-hybridized carbons (Fsp3) is 0.917. The van der Waals surface area contributed by atoms with Crippen LogP contribution in [0.1, 0.15) is 46.0 Å². The van der Waals surface area contributed by atoms with Crippen molar-refractivity contribution in [3.05, 3.63) is 0 Å². The van der Waals surface area contributed by atoms with Gasteiger partial charge in [0.2, 0.25) is 0 Å². The topological polar surface area (TPSA) is 35.8 Å². The van der Waals surface area contributed by atoms with Gasteiger partial charge in [-0.15, -0.1) is 0 Å². The molecule has 0 aliphatic heterocycles. The van der Waals surface area contributed by atoms with E-state index in [0.717, 1.165) is 18.8 Å². The SMILES string of the molecule is CC(C)(NC1CCC(C#N)C1)C1CC1. The summed E-state index contributed by atoms with van der Waals surface area (Å²) < 4.78 is 0. The molecule has 0 radical (unpaired) electrons. The summed E-state index contributed by atoms with van der Waals surface area (Å²) >= 11 is 0. The Labute approximate surface area is 86.7 Å². The Bertz CT molecular complexity index is 248. The summed E-state index contributed by atoms with van der Waals surface area (Å²) in [7, 11) is 0. The number of nitrogens with one attached hydrogen (secondary N) is 1. The van der Waals surface area contributed by atoms with Gasteiger partial charge in [0.05, 0.1) is 6.07 Å². The van der Waals surface area contributed by atoms with Gasteiger partial charge in [0.15, 0.2) is 0 Å². The Morgan fingerprint density at radius 3 is 2.43 bits per heavy atom. The third-order valence-corrected chi connectivity index (χ3v) is 3.79. The van der Waals surface area contributed by atoms with Crippen LogP contribution in [0, 0.1) is 23.2 Å². The molecular formula is C12H20N2. The van der Waals surface area contributed by atoms with Crippen LogP contribution in [0.25, 0.3) is 0 Å². The molecule has 0 aromatic carbocycles. The second kappa shape index (κ2) is 3.55. The zero-order chi connectivity index (χ0) is 10.2. The quantitative estimate of drug-likeness (QED) is 0.745. The molecule has 1 N–H and O–H groups in total. The van der Waals surface area contributed by atoms with Crippen molar-refractivity contribution >= 4 is 0 Å². The molecule has 78 valence electrons. The summed E-state index contributed by atoms with van der Waals surface area (Å²) in [6.07, 6.45) is 6.11. The highest BCUT2D eigenvalue weighted by Gasteiger charge is 2.39. The number of nitrogens with zero attached hydrogens (tertiary/aromatic N) is 1. The molecule has 2 aliphatic rings. The van der Waals surface area contributed by atoms with E-state index in [9.17, 15) is 0 Å². The van der Waals surface area contributed by atoms with Crippen molar-refractivity contribution in [3.63, 3.8) is 0 Å². The van der Waals surface area contributed by atoms with Crippen LogP contribution in [0.4, 0.5) is 0 Å². The van der Waals surface area contributed by atoms with Crippen LogP contribution in [-0.4, -0.2) is 11.6 Å². The van der Waals surface area contributed by atoms with E-state index < -0.39 is 0 Å². The first-order chi connectivity index (χ1) is 6.62. The minimum Gasteiger partial charge on any atom is -0.309 e. The highest BCUT2D eigenvalue weighted by Crippen LogP contribution is 2.40. The second-order valence-electron chi connectivity index (χ2n) is 5.48. The lowest BCUT2D eigenvalue weighted by Crippen LogP contribution is -2.46. The van der Waals surface area contributed by atoms with E-state index in [2.05, 4.69) is 25.2 Å². The van der Waals surface area contributed by atoms with Gasteiger partial charge in [-0.2, -0.15) is 5.26 Å². The largest absolute Gasteiger partial charge is 0.309 e. The Morgan fingerprint density at radius 2 is 1.93 bits per heavy atom. The summed E-state index contributed by atoms with van der Waals surface area (Å²) in [6, 6.07) is 2.98. The molecule has 2 atom stereocenters. The zero-order valence-corrected chi connectivity index (χ0v) is 9.21.